The Morgan fingerprint density at radius 2 is 1.89 bits per heavy atom. The number of aryl methyl sites for hydroxylation is 1. The van der Waals surface area contributed by atoms with Gasteiger partial charge >= 0.3 is 6.18 Å². The third kappa shape index (κ3) is 3.47. The van der Waals surface area contributed by atoms with E-state index >= 15 is 0 Å². The van der Waals surface area contributed by atoms with E-state index in [1.807, 2.05) is 25.2 Å². The van der Waals surface area contributed by atoms with Crippen LogP contribution in [0.2, 0.25) is 0 Å². The Labute approximate surface area is 156 Å². The maximum atomic E-state index is 12.7. The van der Waals surface area contributed by atoms with Crippen LogP contribution in [0.5, 0.6) is 0 Å². The molecule has 0 saturated carbocycles. The average molecular weight is 390 g/mol. The van der Waals surface area contributed by atoms with Gasteiger partial charge in [0, 0.05) is 18.6 Å². The van der Waals surface area contributed by atoms with Crippen LogP contribution in [0.3, 0.4) is 0 Å². The molecule has 3 heterocycles. The molecule has 10 heteroatoms. The summed E-state index contributed by atoms with van der Waals surface area (Å²) < 4.78 is 44.1. The number of hydrogen-bond acceptors (Lipinski definition) is 5. The van der Waals surface area contributed by atoms with Crippen molar-refractivity contribution in [3.63, 3.8) is 0 Å². The molecule has 0 fully saturated rings. The molecule has 0 aliphatic carbocycles. The Balaban J connectivity index is 1.49. The summed E-state index contributed by atoms with van der Waals surface area (Å²) in [6, 6.07) is 9.24. The van der Waals surface area contributed by atoms with Gasteiger partial charge in [-0.15, -0.1) is 0 Å². The lowest BCUT2D eigenvalue weighted by molar-refractivity contribution is -0.137. The third-order valence-electron chi connectivity index (χ3n) is 3.90. The van der Waals surface area contributed by atoms with Gasteiger partial charge in [0.15, 0.2) is 5.82 Å². The molecule has 138 valence electrons. The van der Waals surface area contributed by atoms with E-state index < -0.39 is 11.7 Å². The molecule has 0 unspecified atom stereocenters. The number of rotatable bonds is 4. The van der Waals surface area contributed by atoms with Gasteiger partial charge in [-0.3, -0.25) is 4.68 Å². The molecule has 0 bridgehead atoms. The minimum absolute atomic E-state index is 0.301. The van der Waals surface area contributed by atoms with Crippen LogP contribution >= 0.6 is 11.9 Å². The van der Waals surface area contributed by atoms with E-state index in [1.54, 1.807) is 29.2 Å². The normalized spacial score (nSPS) is 11.9. The molecule has 0 amide bonds. The van der Waals surface area contributed by atoms with Crippen molar-refractivity contribution >= 4 is 28.5 Å². The van der Waals surface area contributed by atoms with E-state index in [-0.39, 0.29) is 0 Å². The number of para-hydroxylation sites is 1. The zero-order chi connectivity index (χ0) is 19.0. The van der Waals surface area contributed by atoms with Gasteiger partial charge in [-0.2, -0.15) is 23.4 Å². The number of benzene rings is 1. The summed E-state index contributed by atoms with van der Waals surface area (Å²) >= 11 is 1.41. The summed E-state index contributed by atoms with van der Waals surface area (Å²) in [6.07, 6.45) is 0.602. The lowest BCUT2D eigenvalue weighted by Crippen LogP contribution is -2.03. The van der Waals surface area contributed by atoms with Crippen molar-refractivity contribution in [2.45, 2.75) is 11.1 Å². The van der Waals surface area contributed by atoms with Crippen molar-refractivity contribution in [1.82, 2.24) is 24.5 Å². The largest absolute Gasteiger partial charge is 0.419 e. The lowest BCUT2D eigenvalue weighted by Gasteiger charge is -2.08. The molecule has 0 radical (unpaired) electrons. The van der Waals surface area contributed by atoms with Crippen molar-refractivity contribution in [2.75, 3.05) is 4.72 Å². The number of nitrogens with one attached hydrogen (secondary N) is 1. The van der Waals surface area contributed by atoms with Crippen LogP contribution in [0, 0.1) is 0 Å². The molecule has 1 N–H and O–H groups in total. The van der Waals surface area contributed by atoms with Crippen molar-refractivity contribution in [3.05, 3.63) is 60.7 Å². The summed E-state index contributed by atoms with van der Waals surface area (Å²) in [5.74, 6) is 0.301. The first-order valence-corrected chi connectivity index (χ1v) is 8.65. The fraction of sp³-hybridized carbons (Fsp3) is 0.118. The predicted molar refractivity (Wildman–Crippen MR) is 96.6 cm³/mol. The summed E-state index contributed by atoms with van der Waals surface area (Å²) in [5, 5.41) is 9.00. The van der Waals surface area contributed by atoms with Crippen LogP contribution in [-0.4, -0.2) is 24.5 Å². The number of anilines is 1. The first-order valence-electron chi connectivity index (χ1n) is 7.84. The SMILES string of the molecule is Cn1ncc2cccc(SNc3ccc(-n4cc(C(F)(F)F)cn4)nc3)c21. The maximum Gasteiger partial charge on any atom is 0.419 e. The predicted octanol–water partition coefficient (Wildman–Crippen LogP) is 4.29. The number of alkyl halides is 3. The van der Waals surface area contributed by atoms with Gasteiger partial charge < -0.3 is 4.72 Å². The van der Waals surface area contributed by atoms with Crippen molar-refractivity contribution in [1.29, 1.82) is 0 Å². The van der Waals surface area contributed by atoms with Gasteiger partial charge in [-0.05, 0) is 30.1 Å². The van der Waals surface area contributed by atoms with Crippen LogP contribution in [0.25, 0.3) is 16.7 Å². The number of fused-ring (bicyclic) bond motifs is 1. The number of nitrogens with zero attached hydrogens (tertiary/aromatic N) is 5. The smallest absolute Gasteiger partial charge is 0.324 e. The Kier molecular flexibility index (Phi) is 4.27. The second kappa shape index (κ2) is 6.62. The van der Waals surface area contributed by atoms with Gasteiger partial charge in [0.25, 0.3) is 0 Å². The first kappa shape index (κ1) is 17.4. The van der Waals surface area contributed by atoms with Crippen molar-refractivity contribution in [3.8, 4) is 5.82 Å². The summed E-state index contributed by atoms with van der Waals surface area (Å²) in [7, 11) is 1.88. The molecule has 6 nitrogen and oxygen atoms in total. The lowest BCUT2D eigenvalue weighted by atomic mass is 10.2. The zero-order valence-corrected chi connectivity index (χ0v) is 14.8. The first-order chi connectivity index (χ1) is 12.9. The second-order valence-corrected chi connectivity index (χ2v) is 6.59. The quantitative estimate of drug-likeness (QED) is 0.527. The molecule has 4 rings (SSSR count). The topological polar surface area (TPSA) is 60.6 Å². The number of pyridine rings is 1. The molecule has 0 aliphatic rings. The Bertz CT molecular complexity index is 1080. The molecule has 4 aromatic rings. The molecule has 0 spiro atoms. The molecular formula is C17H13F3N6S. The number of aromatic nitrogens is 5. The van der Waals surface area contributed by atoms with E-state index in [0.29, 0.717) is 11.5 Å². The number of hydrogen-bond donors (Lipinski definition) is 1. The maximum absolute atomic E-state index is 12.7. The van der Waals surface area contributed by atoms with Crippen LogP contribution in [0.15, 0.2) is 60.0 Å². The van der Waals surface area contributed by atoms with Crippen molar-refractivity contribution < 1.29 is 13.2 Å². The molecule has 3 aromatic heterocycles. The average Bonchev–Trinajstić information content (AvgIpc) is 3.28. The molecular weight excluding hydrogens is 377 g/mol. The minimum Gasteiger partial charge on any atom is -0.324 e. The summed E-state index contributed by atoms with van der Waals surface area (Å²) in [5.41, 5.74) is 0.910. The third-order valence-corrected chi connectivity index (χ3v) is 4.78. The van der Waals surface area contributed by atoms with Gasteiger partial charge in [0.2, 0.25) is 0 Å². The summed E-state index contributed by atoms with van der Waals surface area (Å²) in [6.45, 7) is 0. The fourth-order valence-corrected chi connectivity index (χ4v) is 3.41. The highest BCUT2D eigenvalue weighted by Gasteiger charge is 2.32. The second-order valence-electron chi connectivity index (χ2n) is 5.74. The van der Waals surface area contributed by atoms with Crippen LogP contribution in [0.4, 0.5) is 18.9 Å². The van der Waals surface area contributed by atoms with E-state index in [1.165, 1.54) is 11.9 Å². The van der Waals surface area contributed by atoms with E-state index in [2.05, 4.69) is 19.9 Å². The highest BCUT2D eigenvalue weighted by atomic mass is 32.2. The van der Waals surface area contributed by atoms with Gasteiger partial charge in [0.1, 0.15) is 0 Å². The Morgan fingerprint density at radius 3 is 2.59 bits per heavy atom. The molecule has 1 aromatic carbocycles. The van der Waals surface area contributed by atoms with E-state index in [0.717, 1.165) is 32.9 Å². The Hall–Kier alpha value is -3.01. The van der Waals surface area contributed by atoms with Gasteiger partial charge in [0.05, 0.1) is 40.3 Å². The minimum atomic E-state index is -4.43. The standard InChI is InChI=1S/C17H13F3N6S/c1-25-16-11(7-22-25)3-2-4-14(16)27-24-13-5-6-15(21-9-13)26-10-12(8-23-26)17(18,19)20/h2-10,24H,1H3. The fourth-order valence-electron chi connectivity index (χ4n) is 2.57. The monoisotopic (exact) mass is 390 g/mol. The molecule has 0 atom stereocenters. The van der Waals surface area contributed by atoms with E-state index in [9.17, 15) is 13.2 Å². The van der Waals surface area contributed by atoms with Crippen LogP contribution in [-0.2, 0) is 13.2 Å². The molecule has 0 aliphatic heterocycles. The van der Waals surface area contributed by atoms with Crippen molar-refractivity contribution in [2.24, 2.45) is 7.05 Å². The van der Waals surface area contributed by atoms with E-state index in [4.69, 9.17) is 0 Å². The zero-order valence-electron chi connectivity index (χ0n) is 14.0. The van der Waals surface area contributed by atoms with Crippen LogP contribution < -0.4 is 4.72 Å². The van der Waals surface area contributed by atoms with Gasteiger partial charge in [-0.25, -0.2) is 9.67 Å². The summed E-state index contributed by atoms with van der Waals surface area (Å²) in [4.78, 5) is 5.16. The Morgan fingerprint density at radius 1 is 1.04 bits per heavy atom. The van der Waals surface area contributed by atoms with Gasteiger partial charge in [-0.1, -0.05) is 12.1 Å². The molecule has 0 saturated heterocycles. The molecule has 27 heavy (non-hydrogen) atoms. The highest BCUT2D eigenvalue weighted by molar-refractivity contribution is 8.00. The number of halogens is 3. The highest BCUT2D eigenvalue weighted by Crippen LogP contribution is 2.30. The van der Waals surface area contributed by atoms with Crippen LogP contribution in [0.1, 0.15) is 5.56 Å².